The Morgan fingerprint density at radius 2 is 1.95 bits per heavy atom. The fraction of sp³-hybridized carbons (Fsp3) is 0.400. The Balaban J connectivity index is 1.99. The smallest absolute Gasteiger partial charge is 0.242 e. The third-order valence-corrected chi connectivity index (χ3v) is 5.31. The van der Waals surface area contributed by atoms with Crippen LogP contribution < -0.4 is 5.32 Å². The lowest BCUT2D eigenvalue weighted by Gasteiger charge is -2.12. The monoisotopic (exact) mass is 308 g/mol. The fourth-order valence-corrected chi connectivity index (χ4v) is 3.14. The number of allylic oxidation sites excluding steroid dienone is 2. The Labute approximate surface area is 125 Å². The quantitative estimate of drug-likeness (QED) is 0.848. The van der Waals surface area contributed by atoms with Gasteiger partial charge in [-0.05, 0) is 43.0 Å². The minimum Gasteiger partial charge on any atom is -0.326 e. The van der Waals surface area contributed by atoms with Gasteiger partial charge in [-0.2, -0.15) is 0 Å². The average molecular weight is 308 g/mol. The van der Waals surface area contributed by atoms with Gasteiger partial charge in [0, 0.05) is 26.2 Å². The van der Waals surface area contributed by atoms with E-state index in [4.69, 9.17) is 0 Å². The number of hydrogen-bond acceptors (Lipinski definition) is 3. The van der Waals surface area contributed by atoms with Crippen LogP contribution in [0.2, 0.25) is 0 Å². The number of nitrogens with one attached hydrogen (secondary N) is 1. The van der Waals surface area contributed by atoms with E-state index in [2.05, 4.69) is 17.5 Å². The number of amides is 1. The van der Waals surface area contributed by atoms with Crippen LogP contribution in [0.3, 0.4) is 0 Å². The SMILES string of the molecule is CN(C)S(=O)(=O)c1ccc(NC(=O)C[C@@H]2C=CCC2)cc1. The molecule has 2 rings (SSSR count). The molecule has 0 aliphatic heterocycles. The second-order valence-corrected chi connectivity index (χ2v) is 7.48. The van der Waals surface area contributed by atoms with E-state index in [1.807, 2.05) is 0 Å². The molecule has 1 N–H and O–H groups in total. The molecule has 1 atom stereocenters. The molecular formula is C15H20N2O3S. The van der Waals surface area contributed by atoms with E-state index in [0.29, 0.717) is 18.0 Å². The largest absolute Gasteiger partial charge is 0.326 e. The predicted molar refractivity (Wildman–Crippen MR) is 82.4 cm³/mol. The molecule has 1 aromatic carbocycles. The van der Waals surface area contributed by atoms with Gasteiger partial charge < -0.3 is 5.32 Å². The highest BCUT2D eigenvalue weighted by molar-refractivity contribution is 7.89. The number of benzene rings is 1. The molecule has 0 spiro atoms. The van der Waals surface area contributed by atoms with Gasteiger partial charge in [0.25, 0.3) is 0 Å². The second-order valence-electron chi connectivity index (χ2n) is 5.33. The van der Waals surface area contributed by atoms with E-state index in [-0.39, 0.29) is 10.8 Å². The number of hydrogen-bond donors (Lipinski definition) is 1. The van der Waals surface area contributed by atoms with Crippen LogP contribution in [0.5, 0.6) is 0 Å². The maximum absolute atomic E-state index is 11.9. The zero-order chi connectivity index (χ0) is 15.5. The van der Waals surface area contributed by atoms with Crippen molar-refractivity contribution in [3.63, 3.8) is 0 Å². The average Bonchev–Trinajstić information content (AvgIpc) is 2.91. The predicted octanol–water partition coefficient (Wildman–Crippen LogP) is 2.23. The van der Waals surface area contributed by atoms with Crippen molar-refractivity contribution in [2.75, 3.05) is 19.4 Å². The molecule has 0 saturated heterocycles. The molecule has 6 heteroatoms. The molecule has 0 fully saturated rings. The normalized spacial score (nSPS) is 18.1. The van der Waals surface area contributed by atoms with Crippen molar-refractivity contribution in [2.45, 2.75) is 24.2 Å². The summed E-state index contributed by atoms with van der Waals surface area (Å²) in [6.07, 6.45) is 6.70. The summed E-state index contributed by atoms with van der Waals surface area (Å²) in [6.45, 7) is 0. The Morgan fingerprint density at radius 3 is 2.48 bits per heavy atom. The first kappa shape index (κ1) is 15.7. The van der Waals surface area contributed by atoms with Crippen molar-refractivity contribution in [3.8, 4) is 0 Å². The van der Waals surface area contributed by atoms with E-state index >= 15 is 0 Å². The molecule has 114 valence electrons. The third-order valence-electron chi connectivity index (χ3n) is 3.48. The lowest BCUT2D eigenvalue weighted by Crippen LogP contribution is -2.22. The van der Waals surface area contributed by atoms with Gasteiger partial charge in [0.1, 0.15) is 0 Å². The van der Waals surface area contributed by atoms with Crippen LogP contribution in [-0.2, 0) is 14.8 Å². The highest BCUT2D eigenvalue weighted by atomic mass is 32.2. The van der Waals surface area contributed by atoms with Gasteiger partial charge in [-0.25, -0.2) is 12.7 Å². The van der Waals surface area contributed by atoms with E-state index in [0.717, 1.165) is 17.1 Å². The molecule has 0 aromatic heterocycles. The molecule has 0 unspecified atom stereocenters. The van der Waals surface area contributed by atoms with Crippen molar-refractivity contribution in [3.05, 3.63) is 36.4 Å². The van der Waals surface area contributed by atoms with Crippen molar-refractivity contribution in [1.82, 2.24) is 4.31 Å². The van der Waals surface area contributed by atoms with Crippen LogP contribution in [0.1, 0.15) is 19.3 Å². The highest BCUT2D eigenvalue weighted by Gasteiger charge is 2.17. The van der Waals surface area contributed by atoms with Crippen molar-refractivity contribution in [1.29, 1.82) is 0 Å². The molecule has 0 bridgehead atoms. The minimum atomic E-state index is -3.43. The molecule has 0 radical (unpaired) electrons. The summed E-state index contributed by atoms with van der Waals surface area (Å²) < 4.78 is 25.0. The zero-order valence-electron chi connectivity index (χ0n) is 12.2. The molecule has 1 aromatic rings. The summed E-state index contributed by atoms with van der Waals surface area (Å²) in [5.74, 6) is 0.271. The first-order valence-electron chi connectivity index (χ1n) is 6.88. The maximum atomic E-state index is 11.9. The number of carbonyl (C=O) groups excluding carboxylic acids is 1. The lowest BCUT2D eigenvalue weighted by atomic mass is 10.1. The third kappa shape index (κ3) is 3.92. The maximum Gasteiger partial charge on any atom is 0.242 e. The molecule has 0 heterocycles. The summed E-state index contributed by atoms with van der Waals surface area (Å²) in [5, 5.41) is 2.80. The van der Waals surface area contributed by atoms with Crippen molar-refractivity contribution >= 4 is 21.6 Å². The van der Waals surface area contributed by atoms with Gasteiger partial charge in [-0.15, -0.1) is 0 Å². The van der Waals surface area contributed by atoms with Crippen LogP contribution in [0.4, 0.5) is 5.69 Å². The van der Waals surface area contributed by atoms with Gasteiger partial charge in [0.05, 0.1) is 4.90 Å². The first-order valence-corrected chi connectivity index (χ1v) is 8.32. The van der Waals surface area contributed by atoms with Gasteiger partial charge in [0.15, 0.2) is 0 Å². The van der Waals surface area contributed by atoms with Crippen LogP contribution in [-0.4, -0.2) is 32.7 Å². The summed E-state index contributed by atoms with van der Waals surface area (Å²) in [4.78, 5) is 12.1. The number of sulfonamides is 1. The molecule has 1 aliphatic rings. The number of rotatable bonds is 5. The standard InChI is InChI=1S/C15H20N2O3S/c1-17(2)21(19,20)14-9-7-13(8-10-14)16-15(18)11-12-5-3-4-6-12/h3,5,7-10,12H,4,6,11H2,1-2H3,(H,16,18)/t12-/m1/s1. The Bertz CT molecular complexity index is 633. The van der Waals surface area contributed by atoms with Crippen molar-refractivity contribution in [2.24, 2.45) is 5.92 Å². The fourth-order valence-electron chi connectivity index (χ4n) is 2.24. The van der Waals surface area contributed by atoms with E-state index < -0.39 is 10.0 Å². The Hall–Kier alpha value is -1.66. The minimum absolute atomic E-state index is 0.0465. The van der Waals surface area contributed by atoms with Gasteiger partial charge in [0.2, 0.25) is 15.9 Å². The molecule has 1 aliphatic carbocycles. The summed E-state index contributed by atoms with van der Waals surface area (Å²) >= 11 is 0. The summed E-state index contributed by atoms with van der Waals surface area (Å²) in [7, 11) is -0.457. The second kappa shape index (κ2) is 6.41. The molecule has 0 saturated carbocycles. The number of carbonyl (C=O) groups is 1. The summed E-state index contributed by atoms with van der Waals surface area (Å²) in [5.41, 5.74) is 0.611. The zero-order valence-corrected chi connectivity index (χ0v) is 13.1. The van der Waals surface area contributed by atoms with E-state index in [1.54, 1.807) is 12.1 Å². The Kier molecular flexibility index (Phi) is 4.80. The topological polar surface area (TPSA) is 66.5 Å². The first-order chi connectivity index (χ1) is 9.89. The molecular weight excluding hydrogens is 288 g/mol. The van der Waals surface area contributed by atoms with Crippen LogP contribution in [0, 0.1) is 5.92 Å². The molecule has 1 amide bonds. The van der Waals surface area contributed by atoms with E-state index in [9.17, 15) is 13.2 Å². The van der Waals surface area contributed by atoms with Crippen LogP contribution in [0.25, 0.3) is 0 Å². The number of nitrogens with zero attached hydrogens (tertiary/aromatic N) is 1. The number of anilines is 1. The summed E-state index contributed by atoms with van der Waals surface area (Å²) in [6, 6.07) is 6.22. The Morgan fingerprint density at radius 1 is 1.29 bits per heavy atom. The molecule has 5 nitrogen and oxygen atoms in total. The highest BCUT2D eigenvalue weighted by Crippen LogP contribution is 2.21. The van der Waals surface area contributed by atoms with Gasteiger partial charge >= 0.3 is 0 Å². The van der Waals surface area contributed by atoms with E-state index in [1.165, 1.54) is 26.2 Å². The van der Waals surface area contributed by atoms with Crippen LogP contribution in [0.15, 0.2) is 41.3 Å². The van der Waals surface area contributed by atoms with Crippen LogP contribution >= 0.6 is 0 Å². The lowest BCUT2D eigenvalue weighted by molar-refractivity contribution is -0.116. The van der Waals surface area contributed by atoms with Gasteiger partial charge in [-0.3, -0.25) is 4.79 Å². The van der Waals surface area contributed by atoms with Crippen molar-refractivity contribution < 1.29 is 13.2 Å². The molecule has 21 heavy (non-hydrogen) atoms. The van der Waals surface area contributed by atoms with Gasteiger partial charge in [-0.1, -0.05) is 12.2 Å².